The Morgan fingerprint density at radius 1 is 0.923 bits per heavy atom. The maximum absolute atomic E-state index is 13.5. The normalized spacial score (nSPS) is 13.1. The summed E-state index contributed by atoms with van der Waals surface area (Å²) >= 11 is 0. The van der Waals surface area contributed by atoms with Crippen molar-refractivity contribution in [3.8, 4) is 5.75 Å². The minimum Gasteiger partial charge on any atom is -0.440 e. The van der Waals surface area contributed by atoms with Gasteiger partial charge in [-0.3, -0.25) is 14.7 Å². The molecule has 5 nitrogen and oxygen atoms in total. The second kappa shape index (κ2) is 10.1. The zero-order chi connectivity index (χ0) is 18.8. The van der Waals surface area contributed by atoms with Crippen molar-refractivity contribution in [2.45, 2.75) is 45.4 Å². The summed E-state index contributed by atoms with van der Waals surface area (Å²) in [7, 11) is -3.06. The van der Waals surface area contributed by atoms with E-state index in [1.54, 1.807) is 0 Å². The lowest BCUT2D eigenvalue weighted by atomic mass is 10.1. The summed E-state index contributed by atoms with van der Waals surface area (Å²) in [6.07, 6.45) is 7.11. The number of unbranched alkanes of at least 4 members (excludes halogenated alkanes) is 5. The Morgan fingerprint density at radius 2 is 1.54 bits per heavy atom. The van der Waals surface area contributed by atoms with Crippen LogP contribution in [0.2, 0.25) is 0 Å². The van der Waals surface area contributed by atoms with Gasteiger partial charge in [0.05, 0.1) is 4.92 Å². The third-order valence-corrected chi connectivity index (χ3v) is 6.75. The molecule has 1 unspecified atom stereocenters. The lowest BCUT2D eigenvalue weighted by Gasteiger charge is -2.20. The van der Waals surface area contributed by atoms with E-state index in [1.807, 2.05) is 30.3 Å². The molecule has 0 spiro atoms. The van der Waals surface area contributed by atoms with Gasteiger partial charge in [-0.05, 0) is 30.7 Å². The molecule has 0 aromatic heterocycles. The first kappa shape index (κ1) is 20.2. The van der Waals surface area contributed by atoms with Gasteiger partial charge in [-0.25, -0.2) is 0 Å². The van der Waals surface area contributed by atoms with E-state index >= 15 is 0 Å². The van der Waals surface area contributed by atoms with Crippen LogP contribution in [-0.2, 0) is 4.57 Å². The van der Waals surface area contributed by atoms with Gasteiger partial charge in [0, 0.05) is 23.6 Å². The summed E-state index contributed by atoms with van der Waals surface area (Å²) < 4.78 is 19.4. The molecule has 0 aliphatic carbocycles. The van der Waals surface area contributed by atoms with Crippen molar-refractivity contribution in [1.29, 1.82) is 0 Å². The lowest BCUT2D eigenvalue weighted by molar-refractivity contribution is -0.384. The third-order valence-electron chi connectivity index (χ3n) is 4.26. The molecule has 0 heterocycles. The fraction of sp³-hybridized carbons (Fsp3) is 0.400. The minimum atomic E-state index is -3.06. The van der Waals surface area contributed by atoms with Crippen LogP contribution in [0, 0.1) is 10.1 Å². The zero-order valence-electron chi connectivity index (χ0n) is 15.2. The van der Waals surface area contributed by atoms with Gasteiger partial charge in [0.1, 0.15) is 5.75 Å². The molecule has 1 atom stereocenters. The molecule has 0 saturated heterocycles. The Bertz CT molecular complexity index is 731. The number of hydrogen-bond acceptors (Lipinski definition) is 4. The number of nitro groups is 1. The first-order valence-electron chi connectivity index (χ1n) is 9.14. The lowest BCUT2D eigenvalue weighted by Crippen LogP contribution is -2.12. The van der Waals surface area contributed by atoms with E-state index in [4.69, 9.17) is 4.52 Å². The van der Waals surface area contributed by atoms with Crippen molar-refractivity contribution >= 4 is 18.4 Å². The summed E-state index contributed by atoms with van der Waals surface area (Å²) in [5, 5.41) is 11.5. The number of rotatable bonds is 11. The van der Waals surface area contributed by atoms with Gasteiger partial charge >= 0.3 is 0 Å². The van der Waals surface area contributed by atoms with Gasteiger partial charge in [0.25, 0.3) is 13.1 Å². The maximum atomic E-state index is 13.5. The second-order valence-corrected chi connectivity index (χ2v) is 8.84. The van der Waals surface area contributed by atoms with Crippen LogP contribution in [0.4, 0.5) is 5.69 Å². The summed E-state index contributed by atoms with van der Waals surface area (Å²) in [6, 6.07) is 15.0. The van der Waals surface area contributed by atoms with Gasteiger partial charge in [0.15, 0.2) is 0 Å². The molecule has 0 aliphatic rings. The fourth-order valence-corrected chi connectivity index (χ4v) is 4.97. The average molecular weight is 375 g/mol. The first-order chi connectivity index (χ1) is 12.5. The van der Waals surface area contributed by atoms with Crippen LogP contribution in [0.25, 0.3) is 0 Å². The number of nitrogens with zero attached hydrogens (tertiary/aromatic N) is 1. The monoisotopic (exact) mass is 375 g/mol. The smallest absolute Gasteiger partial charge is 0.277 e. The van der Waals surface area contributed by atoms with Gasteiger partial charge in [-0.15, -0.1) is 0 Å². The van der Waals surface area contributed by atoms with Crippen LogP contribution in [0.5, 0.6) is 5.75 Å². The molecule has 2 rings (SSSR count). The number of non-ortho nitro benzene ring substituents is 1. The van der Waals surface area contributed by atoms with E-state index in [0.29, 0.717) is 17.2 Å². The fourth-order valence-electron chi connectivity index (χ4n) is 2.78. The third kappa shape index (κ3) is 5.99. The molecule has 6 heteroatoms. The summed E-state index contributed by atoms with van der Waals surface area (Å²) in [5.74, 6) is 0.397. The predicted octanol–water partition coefficient (Wildman–Crippen LogP) is 5.94. The molecule has 0 amide bonds. The number of nitro benzene ring substituents is 1. The summed E-state index contributed by atoms with van der Waals surface area (Å²) in [4.78, 5) is 10.3. The molecule has 2 aromatic rings. The van der Waals surface area contributed by atoms with Crippen molar-refractivity contribution in [2.75, 3.05) is 6.16 Å². The predicted molar refractivity (Wildman–Crippen MR) is 106 cm³/mol. The summed E-state index contributed by atoms with van der Waals surface area (Å²) in [5.41, 5.74) is -0.0113. The molecule has 0 aliphatic heterocycles. The highest BCUT2D eigenvalue weighted by molar-refractivity contribution is 7.67. The van der Waals surface area contributed by atoms with Gasteiger partial charge in [0.2, 0.25) is 0 Å². The van der Waals surface area contributed by atoms with E-state index in [1.165, 1.54) is 43.5 Å². The summed E-state index contributed by atoms with van der Waals surface area (Å²) in [6.45, 7) is 2.18. The zero-order valence-corrected chi connectivity index (χ0v) is 16.1. The van der Waals surface area contributed by atoms with Crippen LogP contribution in [0.3, 0.4) is 0 Å². The molecule has 0 saturated carbocycles. The van der Waals surface area contributed by atoms with Crippen LogP contribution in [0.15, 0.2) is 54.6 Å². The van der Waals surface area contributed by atoms with E-state index < -0.39 is 12.3 Å². The Kier molecular flexibility index (Phi) is 7.86. The van der Waals surface area contributed by atoms with Crippen LogP contribution >= 0.6 is 7.37 Å². The topological polar surface area (TPSA) is 69.4 Å². The van der Waals surface area contributed by atoms with Crippen molar-refractivity contribution in [3.05, 3.63) is 64.7 Å². The molecule has 26 heavy (non-hydrogen) atoms. The molecule has 0 bridgehead atoms. The number of hydrogen-bond donors (Lipinski definition) is 0. The molecule has 0 radical (unpaired) electrons. The first-order valence-corrected chi connectivity index (χ1v) is 10.9. The largest absolute Gasteiger partial charge is 0.440 e. The second-order valence-electron chi connectivity index (χ2n) is 6.34. The highest BCUT2D eigenvalue weighted by Gasteiger charge is 2.27. The quantitative estimate of drug-likeness (QED) is 0.211. The van der Waals surface area contributed by atoms with Crippen molar-refractivity contribution < 1.29 is 14.0 Å². The molecular formula is C20H26NO4P. The van der Waals surface area contributed by atoms with Crippen molar-refractivity contribution in [3.63, 3.8) is 0 Å². The molecular weight excluding hydrogens is 349 g/mol. The highest BCUT2D eigenvalue weighted by atomic mass is 31.2. The van der Waals surface area contributed by atoms with Gasteiger partial charge in [-0.1, -0.05) is 57.2 Å². The standard InChI is InChI=1S/C20H26NO4P/c1-2-3-4-5-6-10-17-26(24,20-11-8-7-9-12-20)25-19-15-13-18(14-16-19)21(22)23/h7-9,11-16H,2-6,10,17H2,1H3. The van der Waals surface area contributed by atoms with Crippen LogP contribution in [0.1, 0.15) is 45.4 Å². The Balaban J connectivity index is 2.08. The molecule has 0 fully saturated rings. The van der Waals surface area contributed by atoms with Crippen LogP contribution < -0.4 is 9.83 Å². The highest BCUT2D eigenvalue weighted by Crippen LogP contribution is 2.47. The van der Waals surface area contributed by atoms with Crippen LogP contribution in [-0.4, -0.2) is 11.1 Å². The van der Waals surface area contributed by atoms with Gasteiger partial charge < -0.3 is 4.52 Å². The van der Waals surface area contributed by atoms with E-state index in [0.717, 1.165) is 19.3 Å². The molecule has 140 valence electrons. The van der Waals surface area contributed by atoms with E-state index in [-0.39, 0.29) is 5.69 Å². The van der Waals surface area contributed by atoms with E-state index in [9.17, 15) is 14.7 Å². The average Bonchev–Trinajstić information content (AvgIpc) is 2.66. The molecule has 2 aromatic carbocycles. The van der Waals surface area contributed by atoms with Gasteiger partial charge in [-0.2, -0.15) is 0 Å². The Labute approximate surface area is 155 Å². The Morgan fingerprint density at radius 3 is 2.15 bits per heavy atom. The molecule has 0 N–H and O–H groups in total. The minimum absolute atomic E-state index is 0.0113. The number of benzene rings is 2. The maximum Gasteiger partial charge on any atom is 0.277 e. The SMILES string of the molecule is CCCCCCCCP(=O)(Oc1ccc([N+](=O)[O-])cc1)c1ccccc1. The Hall–Kier alpha value is -2.13. The van der Waals surface area contributed by atoms with E-state index in [2.05, 4.69) is 6.92 Å². The van der Waals surface area contributed by atoms with Crippen molar-refractivity contribution in [2.24, 2.45) is 0 Å². The van der Waals surface area contributed by atoms with Crippen molar-refractivity contribution in [1.82, 2.24) is 0 Å².